The van der Waals surface area contributed by atoms with Gasteiger partial charge < -0.3 is 26.6 Å². The highest BCUT2D eigenvalue weighted by atomic mass is 32.1. The van der Waals surface area contributed by atoms with Crippen LogP contribution in [0.5, 0.6) is 0 Å². The predicted molar refractivity (Wildman–Crippen MR) is 89.7 cm³/mol. The lowest BCUT2D eigenvalue weighted by atomic mass is 10.0. The molecule has 138 valence electrons. The van der Waals surface area contributed by atoms with Gasteiger partial charge in [0.2, 0.25) is 11.8 Å². The monoisotopic (exact) mass is 363 g/mol. The minimum atomic E-state index is -1.16. The summed E-state index contributed by atoms with van der Waals surface area (Å²) in [5.74, 6) is -3.72. The van der Waals surface area contributed by atoms with Crippen LogP contribution in [0, 0.1) is 5.92 Å². The Kier molecular flexibility index (Phi) is 10.0. The van der Waals surface area contributed by atoms with Gasteiger partial charge in [0.15, 0.2) is 0 Å². The topological polar surface area (TPSA) is 159 Å². The standard InChI is InChI=1S/C14H25N3O6S/c1-7(2)11(14(22)23)17-12(19)9(6-24)16-10(18)5-3-4-8(15)13(20)21/h7-9,11,24H,3-6,15H2,1-2H3,(H,16,18)(H,17,19)(H,20,21)(H,22,23)/t8-,9-,11+/m1/s1. The van der Waals surface area contributed by atoms with Crippen molar-refractivity contribution in [1.29, 1.82) is 0 Å². The molecule has 0 saturated carbocycles. The Morgan fingerprint density at radius 3 is 2.08 bits per heavy atom. The smallest absolute Gasteiger partial charge is 0.326 e. The minimum absolute atomic E-state index is 0.00333. The van der Waals surface area contributed by atoms with Crippen LogP contribution in [0.4, 0.5) is 0 Å². The first-order chi connectivity index (χ1) is 11.1. The van der Waals surface area contributed by atoms with Gasteiger partial charge in [-0.15, -0.1) is 0 Å². The molecular weight excluding hydrogens is 338 g/mol. The molecule has 0 aromatic carbocycles. The summed E-state index contributed by atoms with van der Waals surface area (Å²) in [7, 11) is 0. The Balaban J connectivity index is 4.47. The molecule has 0 saturated heterocycles. The highest BCUT2D eigenvalue weighted by molar-refractivity contribution is 7.80. The van der Waals surface area contributed by atoms with Crippen molar-refractivity contribution < 1.29 is 29.4 Å². The third-order valence-corrected chi connectivity index (χ3v) is 3.67. The van der Waals surface area contributed by atoms with E-state index in [1.165, 1.54) is 0 Å². The Labute approximate surface area is 145 Å². The van der Waals surface area contributed by atoms with Crippen LogP contribution in [0.15, 0.2) is 0 Å². The summed E-state index contributed by atoms with van der Waals surface area (Å²) < 4.78 is 0. The maximum Gasteiger partial charge on any atom is 0.326 e. The highest BCUT2D eigenvalue weighted by Gasteiger charge is 2.27. The summed E-state index contributed by atoms with van der Waals surface area (Å²) in [5.41, 5.74) is 5.33. The lowest BCUT2D eigenvalue weighted by molar-refractivity contribution is -0.143. The second kappa shape index (κ2) is 10.9. The van der Waals surface area contributed by atoms with Crippen LogP contribution in [0.3, 0.4) is 0 Å². The van der Waals surface area contributed by atoms with E-state index in [2.05, 4.69) is 23.3 Å². The van der Waals surface area contributed by atoms with Gasteiger partial charge in [-0.1, -0.05) is 13.8 Å². The Morgan fingerprint density at radius 1 is 1.08 bits per heavy atom. The number of nitrogens with one attached hydrogen (secondary N) is 2. The zero-order valence-corrected chi connectivity index (χ0v) is 14.6. The quantitative estimate of drug-likeness (QED) is 0.262. The molecule has 0 bridgehead atoms. The fourth-order valence-corrected chi connectivity index (χ4v) is 2.09. The first-order valence-corrected chi connectivity index (χ1v) is 8.15. The van der Waals surface area contributed by atoms with Gasteiger partial charge in [-0.25, -0.2) is 4.79 Å². The lowest BCUT2D eigenvalue weighted by Gasteiger charge is -2.22. The first-order valence-electron chi connectivity index (χ1n) is 7.51. The third kappa shape index (κ3) is 8.16. The van der Waals surface area contributed by atoms with Crippen molar-refractivity contribution in [2.24, 2.45) is 11.7 Å². The summed E-state index contributed by atoms with van der Waals surface area (Å²) in [6.07, 6.45) is 0.393. The molecule has 2 amide bonds. The van der Waals surface area contributed by atoms with Crippen LogP contribution in [0.25, 0.3) is 0 Å². The molecule has 0 aromatic rings. The van der Waals surface area contributed by atoms with Gasteiger partial charge in [-0.2, -0.15) is 12.6 Å². The molecule has 0 aromatic heterocycles. The van der Waals surface area contributed by atoms with Gasteiger partial charge in [0.25, 0.3) is 0 Å². The maximum atomic E-state index is 12.1. The second-order valence-corrected chi connectivity index (χ2v) is 6.07. The minimum Gasteiger partial charge on any atom is -0.480 e. The molecule has 10 heteroatoms. The number of carboxylic acids is 2. The molecular formula is C14H25N3O6S. The van der Waals surface area contributed by atoms with E-state index in [-0.39, 0.29) is 30.9 Å². The van der Waals surface area contributed by atoms with Crippen molar-refractivity contribution >= 4 is 36.4 Å². The van der Waals surface area contributed by atoms with E-state index in [0.29, 0.717) is 0 Å². The molecule has 0 radical (unpaired) electrons. The zero-order valence-electron chi connectivity index (χ0n) is 13.7. The number of aliphatic carboxylic acids is 2. The van der Waals surface area contributed by atoms with Gasteiger partial charge in [-0.05, 0) is 18.8 Å². The molecule has 6 N–H and O–H groups in total. The Morgan fingerprint density at radius 2 is 1.67 bits per heavy atom. The lowest BCUT2D eigenvalue weighted by Crippen LogP contribution is -2.53. The normalized spacial score (nSPS) is 14.5. The molecule has 0 rings (SSSR count). The molecule has 0 heterocycles. The molecule has 0 unspecified atom stereocenters. The van der Waals surface area contributed by atoms with E-state index in [9.17, 15) is 19.2 Å². The number of rotatable bonds is 11. The fourth-order valence-electron chi connectivity index (χ4n) is 1.83. The number of hydrogen-bond donors (Lipinski definition) is 6. The molecule has 9 nitrogen and oxygen atoms in total. The first kappa shape index (κ1) is 22.2. The van der Waals surface area contributed by atoms with Gasteiger partial charge in [0.05, 0.1) is 0 Å². The Hall–Kier alpha value is -1.81. The number of nitrogens with two attached hydrogens (primary N) is 1. The van der Waals surface area contributed by atoms with Crippen LogP contribution in [-0.4, -0.2) is 57.8 Å². The molecule has 3 atom stereocenters. The molecule has 0 fully saturated rings. The average molecular weight is 363 g/mol. The van der Waals surface area contributed by atoms with Crippen molar-refractivity contribution in [3.05, 3.63) is 0 Å². The maximum absolute atomic E-state index is 12.1. The highest BCUT2D eigenvalue weighted by Crippen LogP contribution is 2.04. The van der Waals surface area contributed by atoms with Crippen LogP contribution in [-0.2, 0) is 19.2 Å². The molecule has 0 spiro atoms. The van der Waals surface area contributed by atoms with E-state index in [0.717, 1.165) is 0 Å². The predicted octanol–water partition coefficient (Wildman–Crippen LogP) is -0.791. The van der Waals surface area contributed by atoms with E-state index in [1.54, 1.807) is 13.8 Å². The summed E-state index contributed by atoms with van der Waals surface area (Å²) >= 11 is 3.99. The summed E-state index contributed by atoms with van der Waals surface area (Å²) in [6, 6.07) is -3.08. The van der Waals surface area contributed by atoms with E-state index in [4.69, 9.17) is 15.9 Å². The molecule has 0 aliphatic heterocycles. The Bertz CT molecular complexity index is 471. The largest absolute Gasteiger partial charge is 0.480 e. The van der Waals surface area contributed by atoms with Crippen LogP contribution >= 0.6 is 12.6 Å². The average Bonchev–Trinajstić information content (AvgIpc) is 2.48. The van der Waals surface area contributed by atoms with Crippen molar-refractivity contribution in [1.82, 2.24) is 10.6 Å². The van der Waals surface area contributed by atoms with Crippen molar-refractivity contribution in [3.63, 3.8) is 0 Å². The number of carbonyl (C=O) groups is 4. The zero-order chi connectivity index (χ0) is 18.9. The number of hydrogen-bond acceptors (Lipinski definition) is 6. The number of carbonyl (C=O) groups excluding carboxylic acids is 2. The van der Waals surface area contributed by atoms with Gasteiger partial charge in [0.1, 0.15) is 18.1 Å². The fraction of sp³-hybridized carbons (Fsp3) is 0.714. The third-order valence-electron chi connectivity index (χ3n) is 3.30. The SMILES string of the molecule is CC(C)[C@H](NC(=O)[C@@H](CS)NC(=O)CCC[C@@H](N)C(=O)O)C(=O)O. The van der Waals surface area contributed by atoms with Gasteiger partial charge in [-0.3, -0.25) is 14.4 Å². The number of carboxylic acid groups (broad SMARTS) is 2. The van der Waals surface area contributed by atoms with Crippen molar-refractivity contribution in [3.8, 4) is 0 Å². The summed E-state index contributed by atoms with van der Waals surface area (Å²) in [6.45, 7) is 3.30. The molecule has 24 heavy (non-hydrogen) atoms. The second-order valence-electron chi connectivity index (χ2n) is 5.71. The van der Waals surface area contributed by atoms with E-state index >= 15 is 0 Å². The van der Waals surface area contributed by atoms with Crippen LogP contribution in [0.2, 0.25) is 0 Å². The summed E-state index contributed by atoms with van der Waals surface area (Å²) in [4.78, 5) is 45.5. The van der Waals surface area contributed by atoms with Crippen LogP contribution < -0.4 is 16.4 Å². The number of thiol groups is 1. The van der Waals surface area contributed by atoms with Gasteiger partial charge >= 0.3 is 11.9 Å². The van der Waals surface area contributed by atoms with Crippen LogP contribution in [0.1, 0.15) is 33.1 Å². The summed E-state index contributed by atoms with van der Waals surface area (Å²) in [5, 5.41) is 22.5. The molecule has 0 aliphatic carbocycles. The van der Waals surface area contributed by atoms with Gasteiger partial charge in [0, 0.05) is 12.2 Å². The number of amides is 2. The molecule has 0 aliphatic rings. The van der Waals surface area contributed by atoms with E-state index < -0.39 is 41.9 Å². The van der Waals surface area contributed by atoms with Crippen molar-refractivity contribution in [2.75, 3.05) is 5.75 Å². The van der Waals surface area contributed by atoms with E-state index in [1.807, 2.05) is 0 Å². The van der Waals surface area contributed by atoms with Crippen molar-refractivity contribution in [2.45, 2.75) is 51.2 Å².